The molecular weight excluding hydrogens is 226 g/mol. The Morgan fingerprint density at radius 1 is 1.71 bits per heavy atom. The predicted molar refractivity (Wildman–Crippen MR) is 58.5 cm³/mol. The summed E-state index contributed by atoms with van der Waals surface area (Å²) in [6, 6.07) is -0.411. The van der Waals surface area contributed by atoms with E-state index >= 15 is 0 Å². The van der Waals surface area contributed by atoms with E-state index in [1.54, 1.807) is 13.1 Å². The third-order valence-corrected chi connectivity index (χ3v) is 2.99. The Morgan fingerprint density at radius 3 is 3.00 bits per heavy atom. The third kappa shape index (κ3) is 2.27. The molecule has 1 saturated heterocycles. The van der Waals surface area contributed by atoms with E-state index in [1.165, 1.54) is 4.90 Å². The van der Waals surface area contributed by atoms with Gasteiger partial charge in [0.2, 0.25) is 0 Å². The molecule has 2 amide bonds. The van der Waals surface area contributed by atoms with Gasteiger partial charge in [-0.25, -0.2) is 4.79 Å². The first-order chi connectivity index (χ1) is 8.02. The molecule has 0 saturated carbocycles. The van der Waals surface area contributed by atoms with Gasteiger partial charge in [-0.1, -0.05) is 0 Å². The zero-order valence-corrected chi connectivity index (χ0v) is 9.54. The first-order valence-corrected chi connectivity index (χ1v) is 5.50. The lowest BCUT2D eigenvalue weighted by molar-refractivity contribution is -0.0654. The van der Waals surface area contributed by atoms with Gasteiger partial charge in [0.05, 0.1) is 12.7 Å². The Hall–Kier alpha value is -1.15. The number of carbonyl (C=O) groups is 1. The lowest BCUT2D eigenvalue weighted by Gasteiger charge is -2.33. The molecule has 0 aromatic heterocycles. The van der Waals surface area contributed by atoms with Gasteiger partial charge in [0.1, 0.15) is 12.3 Å². The number of amides is 2. The number of aliphatic hydroxyl groups is 2. The van der Waals surface area contributed by atoms with Gasteiger partial charge in [0.25, 0.3) is 0 Å². The molecule has 2 aliphatic heterocycles. The number of carbonyl (C=O) groups excluding carboxylic acids is 1. The molecule has 0 aliphatic carbocycles. The molecule has 2 rings (SSSR count). The smallest absolute Gasteiger partial charge is 0.325 e. The topological polar surface area (TPSA) is 108 Å². The fourth-order valence-corrected chi connectivity index (χ4v) is 1.97. The molecule has 0 aromatic carbocycles. The first-order valence-electron chi connectivity index (χ1n) is 5.50. The average Bonchev–Trinajstić information content (AvgIpc) is 2.65. The summed E-state index contributed by atoms with van der Waals surface area (Å²) in [6.45, 7) is 1.60. The van der Waals surface area contributed by atoms with E-state index < -0.39 is 30.6 Å². The van der Waals surface area contributed by atoms with Crippen molar-refractivity contribution in [2.75, 3.05) is 6.61 Å². The second-order valence-electron chi connectivity index (χ2n) is 4.34. The van der Waals surface area contributed by atoms with Crippen LogP contribution < -0.4 is 11.1 Å². The summed E-state index contributed by atoms with van der Waals surface area (Å²) in [7, 11) is 0. The summed E-state index contributed by atoms with van der Waals surface area (Å²) in [4.78, 5) is 13.0. The summed E-state index contributed by atoms with van der Waals surface area (Å²) in [5.74, 6) is 0. The van der Waals surface area contributed by atoms with Gasteiger partial charge in [-0.3, -0.25) is 4.90 Å². The molecule has 5 N–H and O–H groups in total. The Balaban J connectivity index is 2.14. The number of hydrogen-bond donors (Lipinski definition) is 4. The maximum absolute atomic E-state index is 11.7. The van der Waals surface area contributed by atoms with Gasteiger partial charge in [-0.2, -0.15) is 0 Å². The highest BCUT2D eigenvalue weighted by Crippen LogP contribution is 2.25. The lowest BCUT2D eigenvalue weighted by atomic mass is 10.1. The minimum absolute atomic E-state index is 0.175. The van der Waals surface area contributed by atoms with Crippen LogP contribution in [0.2, 0.25) is 0 Å². The quantitative estimate of drug-likeness (QED) is 0.480. The number of nitrogens with zero attached hydrogens (tertiary/aromatic N) is 1. The summed E-state index contributed by atoms with van der Waals surface area (Å²) in [5, 5.41) is 21.3. The predicted octanol–water partition coefficient (Wildman–Crippen LogP) is -1.33. The van der Waals surface area contributed by atoms with Crippen LogP contribution in [0, 0.1) is 0 Å². The highest BCUT2D eigenvalue weighted by molar-refractivity contribution is 5.77. The molecule has 2 aliphatic rings. The van der Waals surface area contributed by atoms with Crippen LogP contribution in [0.15, 0.2) is 11.8 Å². The molecule has 2 heterocycles. The van der Waals surface area contributed by atoms with Crippen LogP contribution in [0.3, 0.4) is 0 Å². The van der Waals surface area contributed by atoms with E-state index in [1.807, 2.05) is 0 Å². The monoisotopic (exact) mass is 243 g/mol. The molecule has 1 fully saturated rings. The van der Waals surface area contributed by atoms with E-state index in [0.717, 1.165) is 5.57 Å². The molecule has 0 radical (unpaired) electrons. The molecule has 17 heavy (non-hydrogen) atoms. The third-order valence-electron chi connectivity index (χ3n) is 2.99. The minimum atomic E-state index is -0.809. The summed E-state index contributed by atoms with van der Waals surface area (Å²) in [6.07, 6.45) is -0.648. The molecule has 4 unspecified atom stereocenters. The van der Waals surface area contributed by atoms with Crippen molar-refractivity contribution in [1.29, 1.82) is 0 Å². The lowest BCUT2D eigenvalue weighted by Crippen LogP contribution is -2.56. The number of hydrogen-bond acceptors (Lipinski definition) is 5. The van der Waals surface area contributed by atoms with Crippen LogP contribution in [-0.2, 0) is 4.74 Å². The maximum Gasteiger partial charge on any atom is 0.325 e. The Bertz CT molecular complexity index is 346. The van der Waals surface area contributed by atoms with Crippen molar-refractivity contribution in [2.45, 2.75) is 37.9 Å². The normalized spacial score (nSPS) is 38.0. The number of nitrogens with one attached hydrogen (secondary N) is 1. The van der Waals surface area contributed by atoms with Crippen LogP contribution in [0.5, 0.6) is 0 Å². The Morgan fingerprint density at radius 2 is 2.41 bits per heavy atom. The van der Waals surface area contributed by atoms with E-state index in [4.69, 9.17) is 15.6 Å². The van der Waals surface area contributed by atoms with Crippen LogP contribution in [0.25, 0.3) is 0 Å². The number of rotatable bonds is 2. The first kappa shape index (κ1) is 12.3. The molecule has 7 heteroatoms. The number of ether oxygens (including phenoxy) is 1. The zero-order chi connectivity index (χ0) is 12.6. The number of aliphatic hydroxyl groups excluding tert-OH is 2. The summed E-state index contributed by atoms with van der Waals surface area (Å²) < 4.78 is 5.40. The zero-order valence-electron chi connectivity index (χ0n) is 9.54. The van der Waals surface area contributed by atoms with Crippen molar-refractivity contribution >= 4 is 6.03 Å². The fourth-order valence-electron chi connectivity index (χ4n) is 1.97. The van der Waals surface area contributed by atoms with Gasteiger partial charge in [-0.05, 0) is 12.5 Å². The molecule has 7 nitrogen and oxygen atoms in total. The Labute approximate surface area is 98.8 Å². The molecule has 0 bridgehead atoms. The second-order valence-corrected chi connectivity index (χ2v) is 4.34. The fraction of sp³-hybridized carbons (Fsp3) is 0.700. The average molecular weight is 243 g/mol. The number of urea groups is 1. The van der Waals surface area contributed by atoms with Crippen LogP contribution in [0.4, 0.5) is 4.79 Å². The van der Waals surface area contributed by atoms with Crippen LogP contribution >= 0.6 is 0 Å². The molecule has 0 spiro atoms. The van der Waals surface area contributed by atoms with Gasteiger partial charge >= 0.3 is 6.03 Å². The van der Waals surface area contributed by atoms with Crippen molar-refractivity contribution in [3.8, 4) is 0 Å². The van der Waals surface area contributed by atoms with Gasteiger partial charge < -0.3 is 26.0 Å². The molecule has 4 atom stereocenters. The van der Waals surface area contributed by atoms with Gasteiger partial charge in [-0.15, -0.1) is 0 Å². The summed E-state index contributed by atoms with van der Waals surface area (Å²) >= 11 is 0. The van der Waals surface area contributed by atoms with Crippen LogP contribution in [0.1, 0.15) is 13.3 Å². The SMILES string of the molecule is CC1=CN(C2OC(CO)CC2O)C(=O)NC1N. The van der Waals surface area contributed by atoms with Crippen molar-refractivity contribution < 1.29 is 19.7 Å². The standard InChI is InChI=1S/C10H17N3O4/c1-5-3-13(10(16)12-8(5)11)9-7(15)2-6(4-14)17-9/h3,6-9,14-15H,2,4,11H2,1H3,(H,12,16). The molecule has 96 valence electrons. The van der Waals surface area contributed by atoms with Gasteiger partial charge in [0.15, 0.2) is 6.23 Å². The van der Waals surface area contributed by atoms with E-state index in [-0.39, 0.29) is 6.61 Å². The minimum Gasteiger partial charge on any atom is -0.394 e. The highest BCUT2D eigenvalue weighted by atomic mass is 16.5. The summed E-state index contributed by atoms with van der Waals surface area (Å²) in [5.41, 5.74) is 6.42. The largest absolute Gasteiger partial charge is 0.394 e. The van der Waals surface area contributed by atoms with Crippen molar-refractivity contribution in [2.24, 2.45) is 5.73 Å². The van der Waals surface area contributed by atoms with Crippen molar-refractivity contribution in [1.82, 2.24) is 10.2 Å². The number of nitrogens with two attached hydrogens (primary N) is 1. The van der Waals surface area contributed by atoms with E-state index in [9.17, 15) is 9.90 Å². The van der Waals surface area contributed by atoms with Crippen molar-refractivity contribution in [3.05, 3.63) is 11.8 Å². The van der Waals surface area contributed by atoms with Crippen molar-refractivity contribution in [3.63, 3.8) is 0 Å². The van der Waals surface area contributed by atoms with Crippen LogP contribution in [-0.4, -0.2) is 52.4 Å². The molecular formula is C10H17N3O4. The van der Waals surface area contributed by atoms with E-state index in [2.05, 4.69) is 5.32 Å². The second kappa shape index (κ2) is 4.61. The highest BCUT2D eigenvalue weighted by Gasteiger charge is 2.40. The van der Waals surface area contributed by atoms with E-state index in [0.29, 0.717) is 6.42 Å². The van der Waals surface area contributed by atoms with Gasteiger partial charge in [0, 0.05) is 12.6 Å². The molecule has 0 aromatic rings. The Kier molecular flexibility index (Phi) is 3.34. The maximum atomic E-state index is 11.7.